The van der Waals surface area contributed by atoms with Gasteiger partial charge >= 0.3 is 0 Å². The Labute approximate surface area is 157 Å². The maximum absolute atomic E-state index is 12.3. The molecule has 0 aliphatic rings. The van der Waals surface area contributed by atoms with Crippen molar-refractivity contribution in [3.63, 3.8) is 0 Å². The minimum absolute atomic E-state index is 0.0300. The van der Waals surface area contributed by atoms with Crippen LogP contribution in [-0.2, 0) is 6.54 Å². The predicted octanol–water partition coefficient (Wildman–Crippen LogP) is 3.33. The molecule has 6 heteroatoms. The van der Waals surface area contributed by atoms with E-state index < -0.39 is 0 Å². The zero-order valence-electron chi connectivity index (χ0n) is 15.3. The van der Waals surface area contributed by atoms with Crippen LogP contribution < -0.4 is 15.6 Å². The number of benzene rings is 1. The van der Waals surface area contributed by atoms with Crippen LogP contribution in [0.4, 0.5) is 5.69 Å². The molecule has 0 aliphatic carbocycles. The van der Waals surface area contributed by atoms with Crippen LogP contribution in [0.1, 0.15) is 29.8 Å². The number of nitrogens with zero attached hydrogens (tertiary/aromatic N) is 2. The van der Waals surface area contributed by atoms with Gasteiger partial charge in [0.1, 0.15) is 0 Å². The average molecular weight is 363 g/mol. The molecule has 3 rings (SSSR count). The van der Waals surface area contributed by atoms with Crippen molar-refractivity contribution >= 4 is 11.6 Å². The monoisotopic (exact) mass is 363 g/mol. The molecule has 0 unspecified atom stereocenters. The van der Waals surface area contributed by atoms with Crippen LogP contribution in [0, 0.1) is 0 Å². The first-order valence-electron chi connectivity index (χ1n) is 8.70. The van der Waals surface area contributed by atoms with Gasteiger partial charge in [0.15, 0.2) is 0 Å². The van der Waals surface area contributed by atoms with Crippen LogP contribution in [0.25, 0.3) is 0 Å². The second-order valence-electron chi connectivity index (χ2n) is 6.37. The fraction of sp³-hybridized carbons (Fsp3) is 0.190. The van der Waals surface area contributed by atoms with E-state index in [0.717, 1.165) is 5.56 Å². The highest BCUT2D eigenvalue weighted by molar-refractivity contribution is 6.04. The largest absolute Gasteiger partial charge is 0.475 e. The summed E-state index contributed by atoms with van der Waals surface area (Å²) >= 11 is 0. The number of rotatable bonds is 6. The van der Waals surface area contributed by atoms with Gasteiger partial charge in [-0.15, -0.1) is 0 Å². The molecule has 2 aromatic heterocycles. The molecule has 0 spiro atoms. The zero-order chi connectivity index (χ0) is 19.2. The van der Waals surface area contributed by atoms with E-state index in [1.165, 1.54) is 12.3 Å². The van der Waals surface area contributed by atoms with Crippen LogP contribution in [0.3, 0.4) is 0 Å². The zero-order valence-corrected chi connectivity index (χ0v) is 15.3. The Morgan fingerprint density at radius 2 is 1.89 bits per heavy atom. The first-order valence-corrected chi connectivity index (χ1v) is 8.70. The van der Waals surface area contributed by atoms with Crippen molar-refractivity contribution in [1.29, 1.82) is 0 Å². The lowest BCUT2D eigenvalue weighted by Gasteiger charge is -2.10. The minimum Gasteiger partial charge on any atom is -0.475 e. The van der Waals surface area contributed by atoms with E-state index in [1.807, 2.05) is 44.2 Å². The van der Waals surface area contributed by atoms with Gasteiger partial charge in [-0.3, -0.25) is 9.59 Å². The van der Waals surface area contributed by atoms with E-state index in [2.05, 4.69) is 10.3 Å². The molecule has 0 radical (unpaired) electrons. The van der Waals surface area contributed by atoms with Gasteiger partial charge in [0, 0.05) is 30.2 Å². The summed E-state index contributed by atoms with van der Waals surface area (Å²) < 4.78 is 7.10. The summed E-state index contributed by atoms with van der Waals surface area (Å²) in [6.45, 7) is 4.31. The Morgan fingerprint density at radius 3 is 2.52 bits per heavy atom. The maximum atomic E-state index is 12.3. The Hall–Kier alpha value is -3.41. The Morgan fingerprint density at radius 1 is 1.11 bits per heavy atom. The number of carbonyl (C=O) groups is 1. The lowest BCUT2D eigenvalue weighted by atomic mass is 10.2. The topological polar surface area (TPSA) is 73.2 Å². The first-order chi connectivity index (χ1) is 13.0. The normalized spacial score (nSPS) is 10.6. The molecule has 0 fully saturated rings. The minimum atomic E-state index is -0.245. The third-order valence-electron chi connectivity index (χ3n) is 3.82. The quantitative estimate of drug-likeness (QED) is 0.729. The van der Waals surface area contributed by atoms with Gasteiger partial charge in [-0.25, -0.2) is 4.98 Å². The van der Waals surface area contributed by atoms with Gasteiger partial charge < -0.3 is 14.6 Å². The lowest BCUT2D eigenvalue weighted by Crippen LogP contribution is -2.18. The number of hydrogen-bond donors (Lipinski definition) is 1. The third kappa shape index (κ3) is 5.04. The summed E-state index contributed by atoms with van der Waals surface area (Å²) in [6, 6.07) is 15.8. The Kier molecular flexibility index (Phi) is 5.66. The molecule has 1 N–H and O–H groups in total. The number of carbonyl (C=O) groups excluding carboxylic acids is 1. The van der Waals surface area contributed by atoms with E-state index in [4.69, 9.17) is 4.74 Å². The Bertz CT molecular complexity index is 961. The summed E-state index contributed by atoms with van der Waals surface area (Å²) in [4.78, 5) is 28.2. The van der Waals surface area contributed by atoms with Crippen LogP contribution >= 0.6 is 0 Å². The van der Waals surface area contributed by atoms with Crippen LogP contribution in [0.2, 0.25) is 0 Å². The van der Waals surface area contributed by atoms with Gasteiger partial charge in [0.2, 0.25) is 5.88 Å². The molecule has 0 bridgehead atoms. The summed E-state index contributed by atoms with van der Waals surface area (Å²) in [6.07, 6.45) is 3.27. The second kappa shape index (κ2) is 8.31. The van der Waals surface area contributed by atoms with Gasteiger partial charge in [-0.1, -0.05) is 18.2 Å². The van der Waals surface area contributed by atoms with E-state index in [0.29, 0.717) is 23.7 Å². The van der Waals surface area contributed by atoms with E-state index >= 15 is 0 Å². The highest BCUT2D eigenvalue weighted by Crippen LogP contribution is 2.14. The van der Waals surface area contributed by atoms with Crippen molar-refractivity contribution in [3.05, 3.63) is 88.5 Å². The summed E-state index contributed by atoms with van der Waals surface area (Å²) in [5.41, 5.74) is 2.04. The fourth-order valence-corrected chi connectivity index (χ4v) is 2.51. The SMILES string of the molecule is CC(C)Oc1ccc(C(=O)Nc2ccc(Cn3ccccc3=O)cc2)cn1. The molecule has 27 heavy (non-hydrogen) atoms. The molecule has 138 valence electrons. The number of aromatic nitrogens is 2. The van der Waals surface area contributed by atoms with Crippen molar-refractivity contribution in [1.82, 2.24) is 9.55 Å². The third-order valence-corrected chi connectivity index (χ3v) is 3.82. The molecule has 0 aliphatic heterocycles. The number of hydrogen-bond acceptors (Lipinski definition) is 4. The van der Waals surface area contributed by atoms with E-state index in [1.54, 1.807) is 29.0 Å². The van der Waals surface area contributed by atoms with Crippen molar-refractivity contribution in [3.8, 4) is 5.88 Å². The van der Waals surface area contributed by atoms with Crippen LogP contribution in [0.15, 0.2) is 71.8 Å². The summed E-state index contributed by atoms with van der Waals surface area (Å²) in [5, 5.41) is 2.83. The molecule has 1 amide bonds. The molecule has 0 atom stereocenters. The molecule has 3 aromatic rings. The maximum Gasteiger partial charge on any atom is 0.257 e. The molecular weight excluding hydrogens is 342 g/mol. The van der Waals surface area contributed by atoms with Crippen molar-refractivity contribution in [2.45, 2.75) is 26.5 Å². The summed E-state index contributed by atoms with van der Waals surface area (Å²) in [7, 11) is 0. The lowest BCUT2D eigenvalue weighted by molar-refractivity contribution is 0.102. The van der Waals surface area contributed by atoms with Gasteiger partial charge in [-0.05, 0) is 43.7 Å². The molecule has 1 aromatic carbocycles. The number of amides is 1. The first kappa shape index (κ1) is 18.4. The highest BCUT2D eigenvalue weighted by atomic mass is 16.5. The van der Waals surface area contributed by atoms with Crippen LogP contribution in [0.5, 0.6) is 5.88 Å². The standard InChI is InChI=1S/C21H21N3O3/c1-15(2)27-19-11-8-17(13-22-19)21(26)23-18-9-6-16(7-10-18)14-24-12-4-3-5-20(24)25/h3-13,15H,14H2,1-2H3,(H,23,26). The van der Waals surface area contributed by atoms with Crippen LogP contribution in [-0.4, -0.2) is 21.6 Å². The van der Waals surface area contributed by atoms with Gasteiger partial charge in [0.05, 0.1) is 18.2 Å². The number of nitrogens with one attached hydrogen (secondary N) is 1. The average Bonchev–Trinajstić information content (AvgIpc) is 2.65. The van der Waals surface area contributed by atoms with E-state index in [-0.39, 0.29) is 17.6 Å². The van der Waals surface area contributed by atoms with Crippen molar-refractivity contribution < 1.29 is 9.53 Å². The second-order valence-corrected chi connectivity index (χ2v) is 6.37. The number of pyridine rings is 2. The van der Waals surface area contributed by atoms with Crippen molar-refractivity contribution in [2.24, 2.45) is 0 Å². The van der Waals surface area contributed by atoms with Gasteiger partial charge in [-0.2, -0.15) is 0 Å². The highest BCUT2D eigenvalue weighted by Gasteiger charge is 2.08. The predicted molar refractivity (Wildman–Crippen MR) is 104 cm³/mol. The number of anilines is 1. The number of ether oxygens (including phenoxy) is 1. The van der Waals surface area contributed by atoms with E-state index in [9.17, 15) is 9.59 Å². The fourth-order valence-electron chi connectivity index (χ4n) is 2.51. The molecular formula is C21H21N3O3. The van der Waals surface area contributed by atoms with Gasteiger partial charge in [0.25, 0.3) is 11.5 Å². The summed E-state index contributed by atoms with van der Waals surface area (Å²) in [5.74, 6) is 0.243. The molecule has 6 nitrogen and oxygen atoms in total. The molecule has 0 saturated carbocycles. The smallest absolute Gasteiger partial charge is 0.257 e. The Balaban J connectivity index is 1.63. The van der Waals surface area contributed by atoms with Crippen molar-refractivity contribution in [2.75, 3.05) is 5.32 Å². The molecule has 0 saturated heterocycles. The molecule has 2 heterocycles.